The molecule has 1 aliphatic carbocycles. The normalized spacial score (nSPS) is 23.1. The first-order valence-electron chi connectivity index (χ1n) is 3.49. The third kappa shape index (κ3) is 2.19. The Hall–Kier alpha value is 0.340. The molecule has 0 aliphatic heterocycles. The number of hydrogen-bond acceptors (Lipinski definition) is 0. The second kappa shape index (κ2) is 3.16. The van der Waals surface area contributed by atoms with Crippen molar-refractivity contribution in [2.24, 2.45) is 5.92 Å². The van der Waals surface area contributed by atoms with Gasteiger partial charge in [0.25, 0.3) is 0 Å². The van der Waals surface area contributed by atoms with Gasteiger partial charge in [-0.05, 0) is 48.0 Å². The highest BCUT2D eigenvalue weighted by Gasteiger charge is 2.36. The molecular weight excluding hydrogens is 202 g/mol. The van der Waals surface area contributed by atoms with Crippen molar-refractivity contribution in [3.8, 4) is 0 Å². The average Bonchev–Trinajstić information content (AvgIpc) is 1.88. The largest absolute Gasteiger partial charge is 0.304 e. The van der Waals surface area contributed by atoms with Gasteiger partial charge in [-0.25, -0.2) is 0 Å². The molecule has 0 amide bonds. The molecule has 1 saturated carbocycles. The predicted molar refractivity (Wildman–Crippen MR) is 40.1 cm³/mol. The Morgan fingerprint density at radius 3 is 2.10 bits per heavy atom. The maximum atomic E-state index is 12.5. The van der Waals surface area contributed by atoms with Crippen LogP contribution in [0.25, 0.3) is 0 Å². The maximum Gasteiger partial charge on any atom is 0.304 e. The highest BCUT2D eigenvalue weighted by Crippen LogP contribution is 2.40. The maximum absolute atomic E-state index is 12.5. The third-order valence-corrected chi connectivity index (χ3v) is 2.55. The van der Waals surface area contributed by atoms with Gasteiger partial charge in [-0.1, -0.05) is 0 Å². The first-order valence-corrected chi connectivity index (χ1v) is 4.28. The summed E-state index contributed by atoms with van der Waals surface area (Å²) in [7, 11) is 0. The molecule has 59 valence electrons. The summed E-state index contributed by atoms with van der Waals surface area (Å²) in [6.07, 6.45) is 5.00. The average molecular weight is 212 g/mol. The van der Waals surface area contributed by atoms with Gasteiger partial charge in [0, 0.05) is 5.92 Å². The van der Waals surface area contributed by atoms with Gasteiger partial charge in [0.15, 0.2) is 0 Å². The van der Waals surface area contributed by atoms with Crippen molar-refractivity contribution in [1.82, 2.24) is 0 Å². The smallest absolute Gasteiger partial charge is 0.193 e. The van der Waals surface area contributed by atoms with E-state index in [1.165, 1.54) is 0 Å². The van der Waals surface area contributed by atoms with Gasteiger partial charge >= 0.3 is 4.83 Å². The summed E-state index contributed by atoms with van der Waals surface area (Å²) < 4.78 is 25.0. The van der Waals surface area contributed by atoms with Crippen LogP contribution in [0.4, 0.5) is 8.78 Å². The highest BCUT2D eigenvalue weighted by molar-refractivity contribution is 9.10. The molecule has 0 nitrogen and oxygen atoms in total. The number of alkyl halides is 3. The van der Waals surface area contributed by atoms with Crippen molar-refractivity contribution in [2.75, 3.05) is 0 Å². The summed E-state index contributed by atoms with van der Waals surface area (Å²) in [5, 5.41) is 0. The number of halogens is 3. The van der Waals surface area contributed by atoms with Gasteiger partial charge in [-0.2, -0.15) is 8.78 Å². The zero-order valence-corrected chi connectivity index (χ0v) is 7.20. The van der Waals surface area contributed by atoms with Crippen LogP contribution < -0.4 is 0 Å². The molecule has 0 bridgehead atoms. The molecule has 0 aromatic rings. The van der Waals surface area contributed by atoms with Gasteiger partial charge in [0.2, 0.25) is 0 Å². The van der Waals surface area contributed by atoms with Crippen LogP contribution in [0.1, 0.15) is 25.7 Å². The van der Waals surface area contributed by atoms with E-state index in [1.54, 1.807) is 0 Å². The molecule has 1 rings (SSSR count). The van der Waals surface area contributed by atoms with Crippen molar-refractivity contribution >= 4 is 15.9 Å². The van der Waals surface area contributed by atoms with E-state index in [-0.39, 0.29) is 0 Å². The molecule has 0 heterocycles. The van der Waals surface area contributed by atoms with Crippen LogP contribution in [0.2, 0.25) is 0 Å². The molecular formula is C7H10BrF2. The highest BCUT2D eigenvalue weighted by atomic mass is 79.9. The lowest BCUT2D eigenvalue weighted by Crippen LogP contribution is -2.23. The van der Waals surface area contributed by atoms with E-state index in [4.69, 9.17) is 0 Å². The summed E-state index contributed by atoms with van der Waals surface area (Å²) in [5.74, 6) is -0.447. The minimum absolute atomic E-state index is 0.447. The molecule has 0 unspecified atom stereocenters. The first-order chi connectivity index (χ1) is 4.61. The zero-order chi connectivity index (χ0) is 7.61. The Labute approximate surface area is 68.1 Å². The van der Waals surface area contributed by atoms with Crippen molar-refractivity contribution in [3.05, 3.63) is 6.42 Å². The molecule has 0 atom stereocenters. The minimum atomic E-state index is -2.64. The molecule has 3 heteroatoms. The van der Waals surface area contributed by atoms with E-state index < -0.39 is 10.7 Å². The summed E-state index contributed by atoms with van der Waals surface area (Å²) >= 11 is 2.39. The fourth-order valence-electron chi connectivity index (χ4n) is 1.25. The molecule has 0 aromatic carbocycles. The summed E-state index contributed by atoms with van der Waals surface area (Å²) in [4.78, 5) is -2.64. The lowest BCUT2D eigenvalue weighted by Gasteiger charge is -2.25. The van der Waals surface area contributed by atoms with Crippen molar-refractivity contribution in [2.45, 2.75) is 30.5 Å². The minimum Gasteiger partial charge on any atom is -0.193 e. The molecule has 0 saturated heterocycles. The van der Waals surface area contributed by atoms with Crippen LogP contribution in [0, 0.1) is 12.3 Å². The SMILES string of the molecule is FC(F)(Br)C1CC[CH]CC1. The summed E-state index contributed by atoms with van der Waals surface area (Å²) in [5.41, 5.74) is 0. The Morgan fingerprint density at radius 1 is 1.30 bits per heavy atom. The lowest BCUT2D eigenvalue weighted by molar-refractivity contribution is 0.0320. The van der Waals surface area contributed by atoms with Gasteiger partial charge in [-0.3, -0.25) is 0 Å². The fourth-order valence-corrected chi connectivity index (χ4v) is 1.71. The van der Waals surface area contributed by atoms with E-state index in [1.807, 2.05) is 0 Å². The molecule has 0 N–H and O–H groups in total. The number of hydrogen-bond donors (Lipinski definition) is 0. The fraction of sp³-hybridized carbons (Fsp3) is 0.857. The molecule has 0 aromatic heterocycles. The predicted octanol–water partition coefficient (Wildman–Crippen LogP) is 3.37. The quantitative estimate of drug-likeness (QED) is 0.584. The zero-order valence-electron chi connectivity index (χ0n) is 5.62. The van der Waals surface area contributed by atoms with E-state index in [2.05, 4.69) is 22.4 Å². The van der Waals surface area contributed by atoms with Crippen LogP contribution >= 0.6 is 15.9 Å². The molecule has 1 fully saturated rings. The lowest BCUT2D eigenvalue weighted by atomic mass is 9.90. The van der Waals surface area contributed by atoms with E-state index in [9.17, 15) is 8.78 Å². The van der Waals surface area contributed by atoms with E-state index >= 15 is 0 Å². The van der Waals surface area contributed by atoms with Crippen LogP contribution in [-0.2, 0) is 0 Å². The Kier molecular flexibility index (Phi) is 2.67. The van der Waals surface area contributed by atoms with Crippen LogP contribution in [-0.4, -0.2) is 4.83 Å². The monoisotopic (exact) mass is 211 g/mol. The van der Waals surface area contributed by atoms with E-state index in [0.29, 0.717) is 12.8 Å². The molecule has 0 spiro atoms. The summed E-state index contributed by atoms with van der Waals surface area (Å²) in [6.45, 7) is 0. The van der Waals surface area contributed by atoms with Gasteiger partial charge in [0.1, 0.15) is 0 Å². The van der Waals surface area contributed by atoms with Crippen molar-refractivity contribution in [1.29, 1.82) is 0 Å². The topological polar surface area (TPSA) is 0 Å². The third-order valence-electron chi connectivity index (χ3n) is 1.90. The second-order valence-electron chi connectivity index (χ2n) is 2.68. The Morgan fingerprint density at radius 2 is 1.80 bits per heavy atom. The van der Waals surface area contributed by atoms with Crippen LogP contribution in [0.5, 0.6) is 0 Å². The van der Waals surface area contributed by atoms with Gasteiger partial charge < -0.3 is 0 Å². The summed E-state index contributed by atoms with van der Waals surface area (Å²) in [6, 6.07) is 0. The van der Waals surface area contributed by atoms with Gasteiger partial charge in [0.05, 0.1) is 0 Å². The molecule has 1 radical (unpaired) electrons. The van der Waals surface area contributed by atoms with Crippen molar-refractivity contribution < 1.29 is 8.78 Å². The second-order valence-corrected chi connectivity index (χ2v) is 3.74. The van der Waals surface area contributed by atoms with E-state index in [0.717, 1.165) is 12.8 Å². The Balaban J connectivity index is 2.39. The number of rotatable bonds is 1. The molecule has 1 aliphatic rings. The first kappa shape index (κ1) is 8.44. The van der Waals surface area contributed by atoms with Crippen LogP contribution in [0.15, 0.2) is 0 Å². The van der Waals surface area contributed by atoms with Crippen molar-refractivity contribution in [3.63, 3.8) is 0 Å². The standard InChI is InChI=1S/C7H10BrF2/c8-7(9,10)6-4-2-1-3-5-6/h1,6H,2-5H2. The Bertz CT molecular complexity index is 103. The van der Waals surface area contributed by atoms with Crippen LogP contribution in [0.3, 0.4) is 0 Å². The van der Waals surface area contributed by atoms with Gasteiger partial charge in [-0.15, -0.1) is 0 Å². The molecule has 10 heavy (non-hydrogen) atoms.